The number of aryl methyl sites for hydroxylation is 1. The summed E-state index contributed by atoms with van der Waals surface area (Å²) in [6.45, 7) is 2.28. The third kappa shape index (κ3) is 4.03. The summed E-state index contributed by atoms with van der Waals surface area (Å²) in [5, 5.41) is 3.51. The Hall–Kier alpha value is -1.91. The molecule has 0 aromatic heterocycles. The van der Waals surface area contributed by atoms with E-state index in [9.17, 15) is 4.79 Å². The van der Waals surface area contributed by atoms with Crippen LogP contribution in [0.1, 0.15) is 27.0 Å². The minimum atomic E-state index is -0.143. The molecule has 3 nitrogen and oxygen atoms in total. The Morgan fingerprint density at radius 3 is 2.67 bits per heavy atom. The molecule has 2 aromatic rings. The van der Waals surface area contributed by atoms with Crippen molar-refractivity contribution in [2.75, 3.05) is 0 Å². The van der Waals surface area contributed by atoms with Crippen LogP contribution in [0.15, 0.2) is 42.5 Å². The molecule has 0 spiro atoms. The van der Waals surface area contributed by atoms with Crippen LogP contribution in [0, 0.1) is 6.92 Å². The summed E-state index contributed by atoms with van der Waals surface area (Å²) in [6.07, 6.45) is 0. The first-order chi connectivity index (χ1) is 9.97. The molecule has 0 atom stereocenters. The van der Waals surface area contributed by atoms with Gasteiger partial charge in [0.15, 0.2) is 0 Å². The number of thiocarbonyl (C=S) groups is 1. The Morgan fingerprint density at radius 1 is 1.24 bits per heavy atom. The van der Waals surface area contributed by atoms with E-state index < -0.39 is 0 Å². The second-order valence-corrected chi connectivity index (χ2v) is 5.56. The van der Waals surface area contributed by atoms with E-state index in [0.29, 0.717) is 22.1 Å². The van der Waals surface area contributed by atoms with Gasteiger partial charge in [0.05, 0.1) is 0 Å². The lowest BCUT2D eigenvalue weighted by atomic mass is 10.1. The number of nitrogens with two attached hydrogens (primary N) is 1. The molecular weight excluding hydrogens is 304 g/mol. The van der Waals surface area contributed by atoms with Gasteiger partial charge in [-0.15, -0.1) is 0 Å². The maximum absolute atomic E-state index is 12.1. The van der Waals surface area contributed by atoms with E-state index in [1.807, 2.05) is 31.2 Å². The van der Waals surface area contributed by atoms with Crippen LogP contribution in [0.2, 0.25) is 5.02 Å². The van der Waals surface area contributed by atoms with Crippen molar-refractivity contribution in [2.24, 2.45) is 5.73 Å². The molecule has 0 unspecified atom stereocenters. The molecule has 0 saturated heterocycles. The number of carbonyl (C=O) groups excluding carboxylic acids is 1. The van der Waals surface area contributed by atoms with Crippen LogP contribution in [0.3, 0.4) is 0 Å². The van der Waals surface area contributed by atoms with Crippen molar-refractivity contribution in [2.45, 2.75) is 13.5 Å². The second-order valence-electron chi connectivity index (χ2n) is 4.71. The Balaban J connectivity index is 2.05. The summed E-state index contributed by atoms with van der Waals surface area (Å²) in [5.41, 5.74) is 8.79. The number of halogens is 1. The molecule has 3 N–H and O–H groups in total. The molecule has 2 aromatic carbocycles. The Morgan fingerprint density at radius 2 is 2.00 bits per heavy atom. The van der Waals surface area contributed by atoms with Gasteiger partial charge in [0.1, 0.15) is 4.99 Å². The summed E-state index contributed by atoms with van der Waals surface area (Å²) >= 11 is 10.9. The van der Waals surface area contributed by atoms with Crippen LogP contribution < -0.4 is 11.1 Å². The average molecular weight is 319 g/mol. The number of hydrogen-bond donors (Lipinski definition) is 2. The smallest absolute Gasteiger partial charge is 0.251 e. The topological polar surface area (TPSA) is 55.1 Å². The average Bonchev–Trinajstić information content (AvgIpc) is 2.48. The highest BCUT2D eigenvalue weighted by molar-refractivity contribution is 7.80. The van der Waals surface area contributed by atoms with E-state index in [2.05, 4.69) is 5.32 Å². The summed E-state index contributed by atoms with van der Waals surface area (Å²) in [6, 6.07) is 12.7. The molecule has 0 aliphatic rings. The number of carbonyl (C=O) groups is 1. The van der Waals surface area contributed by atoms with Gasteiger partial charge in [0.2, 0.25) is 0 Å². The van der Waals surface area contributed by atoms with Crippen molar-refractivity contribution in [3.8, 4) is 0 Å². The van der Waals surface area contributed by atoms with Crippen molar-refractivity contribution in [1.29, 1.82) is 0 Å². The second kappa shape index (κ2) is 6.70. The molecule has 1 amide bonds. The molecule has 5 heteroatoms. The fourth-order valence-corrected chi connectivity index (χ4v) is 2.15. The molecular formula is C16H15ClN2OS. The summed E-state index contributed by atoms with van der Waals surface area (Å²) < 4.78 is 0. The van der Waals surface area contributed by atoms with Gasteiger partial charge in [-0.1, -0.05) is 42.0 Å². The lowest BCUT2D eigenvalue weighted by Crippen LogP contribution is -2.23. The normalized spacial score (nSPS) is 10.2. The minimum absolute atomic E-state index is 0.143. The molecule has 0 fully saturated rings. The van der Waals surface area contributed by atoms with Gasteiger partial charge < -0.3 is 11.1 Å². The van der Waals surface area contributed by atoms with Gasteiger partial charge >= 0.3 is 0 Å². The Kier molecular flexibility index (Phi) is 4.94. The zero-order valence-corrected chi connectivity index (χ0v) is 13.1. The predicted octanol–water partition coefficient (Wildman–Crippen LogP) is 3.21. The fraction of sp³-hybridized carbons (Fsp3) is 0.125. The molecule has 21 heavy (non-hydrogen) atoms. The maximum Gasteiger partial charge on any atom is 0.251 e. The highest BCUT2D eigenvalue weighted by Crippen LogP contribution is 2.16. The van der Waals surface area contributed by atoms with E-state index in [1.165, 1.54) is 0 Å². The van der Waals surface area contributed by atoms with Crippen molar-refractivity contribution in [1.82, 2.24) is 5.32 Å². The SMILES string of the molecule is Cc1cc(C(=O)NCc2cccc(C(N)=S)c2)ccc1Cl. The lowest BCUT2D eigenvalue weighted by molar-refractivity contribution is 0.0951. The van der Waals surface area contributed by atoms with Crippen molar-refractivity contribution in [3.05, 3.63) is 69.7 Å². The quantitative estimate of drug-likeness (QED) is 0.851. The Labute approximate surface area is 134 Å². The van der Waals surface area contributed by atoms with E-state index >= 15 is 0 Å². The molecule has 108 valence electrons. The van der Waals surface area contributed by atoms with Crippen LogP contribution in [0.5, 0.6) is 0 Å². The highest BCUT2D eigenvalue weighted by Gasteiger charge is 2.07. The van der Waals surface area contributed by atoms with E-state index in [1.54, 1.807) is 18.2 Å². The van der Waals surface area contributed by atoms with Crippen molar-refractivity contribution >= 4 is 34.7 Å². The standard InChI is InChI=1S/C16H15ClN2OS/c1-10-7-13(5-6-14(10)17)16(20)19-9-11-3-2-4-12(8-11)15(18)21/h2-8H,9H2,1H3,(H2,18,21)(H,19,20). The Bertz CT molecular complexity index is 700. The zero-order chi connectivity index (χ0) is 15.4. The van der Waals surface area contributed by atoms with Crippen LogP contribution in [0.4, 0.5) is 0 Å². The molecule has 0 saturated carbocycles. The largest absolute Gasteiger partial charge is 0.389 e. The third-order valence-electron chi connectivity index (χ3n) is 3.08. The monoisotopic (exact) mass is 318 g/mol. The molecule has 2 rings (SSSR count). The fourth-order valence-electron chi connectivity index (χ4n) is 1.90. The number of rotatable bonds is 4. The minimum Gasteiger partial charge on any atom is -0.389 e. The number of benzene rings is 2. The van der Waals surface area contributed by atoms with Gasteiger partial charge in [-0.3, -0.25) is 4.79 Å². The first-order valence-electron chi connectivity index (χ1n) is 6.40. The van der Waals surface area contributed by atoms with Crippen LogP contribution >= 0.6 is 23.8 Å². The van der Waals surface area contributed by atoms with Gasteiger partial charge in [0, 0.05) is 22.7 Å². The molecule has 0 heterocycles. The van der Waals surface area contributed by atoms with Crippen molar-refractivity contribution < 1.29 is 4.79 Å². The number of hydrogen-bond acceptors (Lipinski definition) is 2. The first-order valence-corrected chi connectivity index (χ1v) is 7.19. The molecule has 0 bridgehead atoms. The zero-order valence-electron chi connectivity index (χ0n) is 11.5. The maximum atomic E-state index is 12.1. The summed E-state index contributed by atoms with van der Waals surface area (Å²) in [4.78, 5) is 12.4. The van der Waals surface area contributed by atoms with Crippen LogP contribution in [-0.2, 0) is 6.54 Å². The van der Waals surface area contributed by atoms with Crippen LogP contribution in [-0.4, -0.2) is 10.9 Å². The number of amides is 1. The van der Waals surface area contributed by atoms with Crippen molar-refractivity contribution in [3.63, 3.8) is 0 Å². The third-order valence-corrected chi connectivity index (χ3v) is 3.74. The number of nitrogens with one attached hydrogen (secondary N) is 1. The molecule has 0 aliphatic carbocycles. The van der Waals surface area contributed by atoms with E-state index in [4.69, 9.17) is 29.6 Å². The van der Waals surface area contributed by atoms with Gasteiger partial charge in [-0.2, -0.15) is 0 Å². The first kappa shape index (κ1) is 15.5. The summed E-state index contributed by atoms with van der Waals surface area (Å²) in [5.74, 6) is -0.143. The predicted molar refractivity (Wildman–Crippen MR) is 89.7 cm³/mol. The molecule has 0 aliphatic heterocycles. The van der Waals surface area contributed by atoms with Crippen LogP contribution in [0.25, 0.3) is 0 Å². The van der Waals surface area contributed by atoms with Gasteiger partial charge in [0.25, 0.3) is 5.91 Å². The highest BCUT2D eigenvalue weighted by atomic mass is 35.5. The van der Waals surface area contributed by atoms with Gasteiger partial charge in [-0.25, -0.2) is 0 Å². The van der Waals surface area contributed by atoms with E-state index in [0.717, 1.165) is 16.7 Å². The molecule has 0 radical (unpaired) electrons. The van der Waals surface area contributed by atoms with E-state index in [-0.39, 0.29) is 5.91 Å². The lowest BCUT2D eigenvalue weighted by Gasteiger charge is -2.08. The van der Waals surface area contributed by atoms with Gasteiger partial charge in [-0.05, 0) is 42.3 Å². The summed E-state index contributed by atoms with van der Waals surface area (Å²) in [7, 11) is 0.